The number of aromatic nitrogens is 2. The summed E-state index contributed by atoms with van der Waals surface area (Å²) in [5.74, 6) is -0.708. The van der Waals surface area contributed by atoms with Crippen LogP contribution in [-0.2, 0) is 9.53 Å². The van der Waals surface area contributed by atoms with Gasteiger partial charge in [0.25, 0.3) is 5.91 Å². The third-order valence-electron chi connectivity index (χ3n) is 5.20. The standard InChI is InChI=1S/C26H23N3O5/c1-16-9-11-19(12-10-16)21-14-22(29(28-21)20-7-5-4-6-8-20)27-23(30)15-33-26(32)25-17(2)13-24(31)34-18(25)3/h4-14H,15H2,1-3H3,(H,27,30). The molecule has 2 heterocycles. The molecule has 4 aromatic rings. The predicted molar refractivity (Wildman–Crippen MR) is 127 cm³/mol. The molecule has 1 amide bonds. The van der Waals surface area contributed by atoms with Crippen LogP contribution in [0.25, 0.3) is 16.9 Å². The number of ether oxygens (including phenoxy) is 1. The Bertz CT molecular complexity index is 1380. The van der Waals surface area contributed by atoms with Crippen LogP contribution in [0.15, 0.2) is 75.9 Å². The van der Waals surface area contributed by atoms with Gasteiger partial charge in [0.15, 0.2) is 6.61 Å². The lowest BCUT2D eigenvalue weighted by Gasteiger charge is -2.10. The molecule has 172 valence electrons. The molecule has 0 saturated carbocycles. The fraction of sp³-hybridized carbons (Fsp3) is 0.154. The Kier molecular flexibility index (Phi) is 6.40. The topological polar surface area (TPSA) is 103 Å². The summed E-state index contributed by atoms with van der Waals surface area (Å²) in [6.07, 6.45) is 0. The van der Waals surface area contributed by atoms with Crippen molar-refractivity contribution in [3.8, 4) is 16.9 Å². The molecule has 34 heavy (non-hydrogen) atoms. The number of hydrogen-bond donors (Lipinski definition) is 1. The predicted octanol–water partition coefficient (Wildman–Crippen LogP) is 4.21. The summed E-state index contributed by atoms with van der Waals surface area (Å²) in [6, 6.07) is 20.2. The minimum absolute atomic E-state index is 0.128. The first-order valence-corrected chi connectivity index (χ1v) is 10.6. The van der Waals surface area contributed by atoms with E-state index in [-0.39, 0.29) is 11.3 Å². The van der Waals surface area contributed by atoms with E-state index in [1.165, 1.54) is 13.0 Å². The number of nitrogens with one attached hydrogen (secondary N) is 1. The molecule has 0 unspecified atom stereocenters. The quantitative estimate of drug-likeness (QED) is 0.435. The largest absolute Gasteiger partial charge is 0.452 e. The van der Waals surface area contributed by atoms with Gasteiger partial charge >= 0.3 is 11.6 Å². The summed E-state index contributed by atoms with van der Waals surface area (Å²) in [7, 11) is 0. The zero-order chi connectivity index (χ0) is 24.2. The lowest BCUT2D eigenvalue weighted by Crippen LogP contribution is -2.23. The van der Waals surface area contributed by atoms with Crippen LogP contribution in [-0.4, -0.2) is 28.3 Å². The molecular weight excluding hydrogens is 434 g/mol. The van der Waals surface area contributed by atoms with Crippen LogP contribution < -0.4 is 10.9 Å². The van der Waals surface area contributed by atoms with Crippen molar-refractivity contribution >= 4 is 17.7 Å². The number of carbonyl (C=O) groups is 2. The van der Waals surface area contributed by atoms with Gasteiger partial charge in [0, 0.05) is 17.7 Å². The van der Waals surface area contributed by atoms with Gasteiger partial charge in [-0.2, -0.15) is 5.10 Å². The Hall–Kier alpha value is -4.46. The summed E-state index contributed by atoms with van der Waals surface area (Å²) in [4.78, 5) is 36.6. The van der Waals surface area contributed by atoms with Crippen molar-refractivity contribution in [2.24, 2.45) is 0 Å². The first-order chi connectivity index (χ1) is 16.3. The minimum atomic E-state index is -0.745. The Labute approximate surface area is 195 Å². The van der Waals surface area contributed by atoms with Crippen molar-refractivity contribution in [1.29, 1.82) is 0 Å². The lowest BCUT2D eigenvalue weighted by atomic mass is 10.1. The Morgan fingerprint density at radius 2 is 1.71 bits per heavy atom. The first-order valence-electron chi connectivity index (χ1n) is 10.6. The van der Waals surface area contributed by atoms with E-state index in [1.54, 1.807) is 17.7 Å². The number of amides is 1. The second-order valence-electron chi connectivity index (χ2n) is 7.83. The number of carbonyl (C=O) groups excluding carboxylic acids is 2. The van der Waals surface area contributed by atoms with E-state index in [4.69, 9.17) is 9.15 Å². The van der Waals surface area contributed by atoms with Crippen LogP contribution >= 0.6 is 0 Å². The number of rotatable bonds is 6. The first kappa shape index (κ1) is 22.7. The number of nitrogens with zero attached hydrogens (tertiary/aromatic N) is 2. The molecule has 0 spiro atoms. The van der Waals surface area contributed by atoms with Gasteiger partial charge in [-0.1, -0.05) is 48.0 Å². The zero-order valence-corrected chi connectivity index (χ0v) is 19.0. The van der Waals surface area contributed by atoms with E-state index >= 15 is 0 Å². The molecule has 2 aromatic heterocycles. The number of anilines is 1. The summed E-state index contributed by atoms with van der Waals surface area (Å²) >= 11 is 0. The highest BCUT2D eigenvalue weighted by Gasteiger charge is 2.19. The van der Waals surface area contributed by atoms with Crippen molar-refractivity contribution in [1.82, 2.24) is 9.78 Å². The second-order valence-corrected chi connectivity index (χ2v) is 7.83. The van der Waals surface area contributed by atoms with Crippen LogP contribution in [0, 0.1) is 20.8 Å². The zero-order valence-electron chi connectivity index (χ0n) is 19.0. The van der Waals surface area contributed by atoms with Gasteiger partial charge < -0.3 is 14.5 Å². The van der Waals surface area contributed by atoms with E-state index < -0.39 is 24.1 Å². The van der Waals surface area contributed by atoms with Crippen molar-refractivity contribution in [3.63, 3.8) is 0 Å². The fourth-order valence-corrected chi connectivity index (χ4v) is 3.55. The Morgan fingerprint density at radius 1 is 1.00 bits per heavy atom. The molecule has 0 radical (unpaired) electrons. The number of para-hydroxylation sites is 1. The minimum Gasteiger partial charge on any atom is -0.452 e. The number of hydrogen-bond acceptors (Lipinski definition) is 6. The maximum atomic E-state index is 12.6. The van der Waals surface area contributed by atoms with Crippen molar-refractivity contribution in [2.45, 2.75) is 20.8 Å². The molecule has 0 atom stereocenters. The molecular formula is C26H23N3O5. The summed E-state index contributed by atoms with van der Waals surface area (Å²) in [5, 5.41) is 7.43. The van der Waals surface area contributed by atoms with E-state index in [9.17, 15) is 14.4 Å². The maximum Gasteiger partial charge on any atom is 0.342 e. The van der Waals surface area contributed by atoms with E-state index in [1.807, 2.05) is 61.5 Å². The average Bonchev–Trinajstić information content (AvgIpc) is 3.21. The number of benzene rings is 2. The van der Waals surface area contributed by atoms with E-state index in [2.05, 4.69) is 10.4 Å². The van der Waals surface area contributed by atoms with Crippen molar-refractivity contribution < 1.29 is 18.7 Å². The SMILES string of the molecule is Cc1ccc(-c2cc(NC(=O)COC(=O)c3c(C)cc(=O)oc3C)n(-c3ccccc3)n2)cc1. The van der Waals surface area contributed by atoms with Crippen molar-refractivity contribution in [3.05, 3.63) is 99.6 Å². The molecule has 2 aromatic carbocycles. The summed E-state index contributed by atoms with van der Waals surface area (Å²) in [6.45, 7) is 4.59. The molecule has 0 bridgehead atoms. The fourth-order valence-electron chi connectivity index (χ4n) is 3.55. The van der Waals surface area contributed by atoms with Crippen LogP contribution in [0.2, 0.25) is 0 Å². The molecule has 0 aliphatic carbocycles. The van der Waals surface area contributed by atoms with Crippen LogP contribution in [0.5, 0.6) is 0 Å². The highest BCUT2D eigenvalue weighted by molar-refractivity contribution is 5.96. The van der Waals surface area contributed by atoms with Gasteiger partial charge in [-0.15, -0.1) is 0 Å². The Morgan fingerprint density at radius 3 is 2.38 bits per heavy atom. The lowest BCUT2D eigenvalue weighted by molar-refractivity contribution is -0.119. The molecule has 8 heteroatoms. The van der Waals surface area contributed by atoms with Gasteiger partial charge in [0.1, 0.15) is 17.1 Å². The van der Waals surface area contributed by atoms with E-state index in [0.29, 0.717) is 17.1 Å². The van der Waals surface area contributed by atoms with Gasteiger partial charge in [0.05, 0.1) is 11.4 Å². The van der Waals surface area contributed by atoms with Gasteiger partial charge in [-0.3, -0.25) is 4.79 Å². The van der Waals surface area contributed by atoms with Gasteiger partial charge in [-0.05, 0) is 38.5 Å². The molecule has 8 nitrogen and oxygen atoms in total. The molecule has 0 aliphatic rings. The third-order valence-corrected chi connectivity index (χ3v) is 5.20. The molecule has 4 rings (SSSR count). The van der Waals surface area contributed by atoms with Crippen LogP contribution in [0.3, 0.4) is 0 Å². The van der Waals surface area contributed by atoms with Crippen molar-refractivity contribution in [2.75, 3.05) is 11.9 Å². The number of aryl methyl sites for hydroxylation is 3. The summed E-state index contributed by atoms with van der Waals surface area (Å²) < 4.78 is 11.8. The Balaban J connectivity index is 1.54. The number of esters is 1. The third kappa shape index (κ3) is 4.96. The normalized spacial score (nSPS) is 10.7. The van der Waals surface area contributed by atoms with E-state index in [0.717, 1.165) is 16.8 Å². The monoisotopic (exact) mass is 457 g/mol. The molecule has 0 fully saturated rings. The smallest absolute Gasteiger partial charge is 0.342 e. The van der Waals surface area contributed by atoms with Crippen LogP contribution in [0.1, 0.15) is 27.2 Å². The average molecular weight is 457 g/mol. The summed E-state index contributed by atoms with van der Waals surface area (Å²) in [5.41, 5.74) is 3.47. The second kappa shape index (κ2) is 9.58. The molecule has 0 saturated heterocycles. The highest BCUT2D eigenvalue weighted by atomic mass is 16.5. The maximum absolute atomic E-state index is 12.6. The highest BCUT2D eigenvalue weighted by Crippen LogP contribution is 2.25. The molecule has 1 N–H and O–H groups in total. The van der Waals surface area contributed by atoms with Gasteiger partial charge in [0.2, 0.25) is 0 Å². The van der Waals surface area contributed by atoms with Gasteiger partial charge in [-0.25, -0.2) is 14.3 Å². The molecule has 0 aliphatic heterocycles. The van der Waals surface area contributed by atoms with Crippen LogP contribution in [0.4, 0.5) is 5.82 Å².